The molecule has 3 N–H and O–H groups in total. The highest BCUT2D eigenvalue weighted by Gasteiger charge is 2.20. The maximum Gasteiger partial charge on any atom is 0.305 e. The third kappa shape index (κ3) is 66.0. The zero-order chi connectivity index (χ0) is 57.8. The van der Waals surface area contributed by atoms with Crippen LogP contribution in [0.5, 0.6) is 0 Å². The minimum absolute atomic E-state index is 0.0202. The van der Waals surface area contributed by atoms with Gasteiger partial charge in [0.15, 0.2) is 0 Å². The molecular formula is C74H147NO5. The van der Waals surface area contributed by atoms with Crippen LogP contribution in [0, 0.1) is 0 Å². The van der Waals surface area contributed by atoms with E-state index in [1.807, 2.05) is 0 Å². The first-order valence-electron chi connectivity index (χ1n) is 37.3. The largest absolute Gasteiger partial charge is 0.466 e. The second-order valence-electron chi connectivity index (χ2n) is 26.0. The summed E-state index contributed by atoms with van der Waals surface area (Å²) in [6.07, 6.45) is 86.0. The molecule has 0 saturated carbocycles. The molecule has 0 rings (SSSR count). The van der Waals surface area contributed by atoms with Gasteiger partial charge in [0, 0.05) is 12.8 Å². The van der Waals surface area contributed by atoms with Crippen LogP contribution in [0.3, 0.4) is 0 Å². The van der Waals surface area contributed by atoms with Gasteiger partial charge in [0.2, 0.25) is 5.91 Å². The summed E-state index contributed by atoms with van der Waals surface area (Å²) in [5.74, 6) is -0.00574. The molecule has 80 heavy (non-hydrogen) atoms. The van der Waals surface area contributed by atoms with Crippen LogP contribution in [0.4, 0.5) is 0 Å². The summed E-state index contributed by atoms with van der Waals surface area (Å²) in [7, 11) is 0. The number of rotatable bonds is 71. The Hall–Kier alpha value is -1.14. The van der Waals surface area contributed by atoms with Gasteiger partial charge in [-0.1, -0.05) is 399 Å². The van der Waals surface area contributed by atoms with Crippen LogP contribution in [0.1, 0.15) is 438 Å². The quantitative estimate of drug-likeness (QED) is 0.0417. The Morgan fingerprint density at radius 3 is 0.762 bits per heavy atom. The molecule has 2 unspecified atom stereocenters. The Morgan fingerprint density at radius 1 is 0.300 bits per heavy atom. The van der Waals surface area contributed by atoms with Crippen LogP contribution in [-0.2, 0) is 14.3 Å². The second-order valence-corrected chi connectivity index (χ2v) is 26.0. The Balaban J connectivity index is 3.34. The van der Waals surface area contributed by atoms with Gasteiger partial charge >= 0.3 is 5.97 Å². The van der Waals surface area contributed by atoms with E-state index in [0.717, 1.165) is 38.5 Å². The maximum absolute atomic E-state index is 12.6. The van der Waals surface area contributed by atoms with Crippen molar-refractivity contribution in [3.63, 3.8) is 0 Å². The third-order valence-electron chi connectivity index (χ3n) is 17.9. The minimum atomic E-state index is -0.663. The lowest BCUT2D eigenvalue weighted by molar-refractivity contribution is -0.143. The highest BCUT2D eigenvalue weighted by atomic mass is 16.5. The highest BCUT2D eigenvalue weighted by Crippen LogP contribution is 2.20. The van der Waals surface area contributed by atoms with Gasteiger partial charge in [0.05, 0.1) is 25.4 Å². The third-order valence-corrected chi connectivity index (χ3v) is 17.9. The second kappa shape index (κ2) is 70.3. The normalized spacial score (nSPS) is 12.4. The van der Waals surface area contributed by atoms with Crippen molar-refractivity contribution in [2.75, 3.05) is 13.2 Å². The van der Waals surface area contributed by atoms with E-state index in [1.165, 1.54) is 366 Å². The number of hydrogen-bond donors (Lipinski definition) is 3. The fraction of sp³-hybridized carbons (Fsp3) is 0.973. The lowest BCUT2D eigenvalue weighted by Gasteiger charge is -2.22. The van der Waals surface area contributed by atoms with Crippen molar-refractivity contribution >= 4 is 11.9 Å². The van der Waals surface area contributed by atoms with Crippen LogP contribution in [-0.4, -0.2) is 47.4 Å². The Bertz CT molecular complexity index is 1160. The van der Waals surface area contributed by atoms with E-state index in [0.29, 0.717) is 25.9 Å². The highest BCUT2D eigenvalue weighted by molar-refractivity contribution is 5.76. The molecule has 0 bridgehead atoms. The van der Waals surface area contributed by atoms with Crippen molar-refractivity contribution in [2.24, 2.45) is 0 Å². The number of esters is 1. The molecule has 1 amide bonds. The number of ether oxygens (including phenoxy) is 1. The molecule has 0 spiro atoms. The molecule has 0 radical (unpaired) electrons. The van der Waals surface area contributed by atoms with Gasteiger partial charge in [-0.3, -0.25) is 9.59 Å². The van der Waals surface area contributed by atoms with E-state index < -0.39 is 12.1 Å². The summed E-state index contributed by atoms with van der Waals surface area (Å²) < 4.78 is 5.49. The Morgan fingerprint density at radius 2 is 0.512 bits per heavy atom. The molecule has 0 aromatic heterocycles. The molecule has 0 saturated heterocycles. The van der Waals surface area contributed by atoms with Crippen LogP contribution in [0.2, 0.25) is 0 Å². The lowest BCUT2D eigenvalue weighted by atomic mass is 10.0. The summed E-state index contributed by atoms with van der Waals surface area (Å²) in [5, 5.41) is 23.5. The molecule has 0 aliphatic carbocycles. The number of aliphatic hydroxyl groups is 2. The molecule has 478 valence electrons. The van der Waals surface area contributed by atoms with E-state index in [4.69, 9.17) is 4.74 Å². The first-order chi connectivity index (χ1) is 39.5. The summed E-state index contributed by atoms with van der Waals surface area (Å²) in [5.41, 5.74) is 0. The molecule has 2 atom stereocenters. The van der Waals surface area contributed by atoms with Gasteiger partial charge in [-0.2, -0.15) is 0 Å². The summed E-state index contributed by atoms with van der Waals surface area (Å²) in [4.78, 5) is 24.6. The minimum Gasteiger partial charge on any atom is -0.466 e. The predicted octanol–water partition coefficient (Wildman–Crippen LogP) is 24.2. The van der Waals surface area contributed by atoms with Crippen LogP contribution >= 0.6 is 0 Å². The first-order valence-corrected chi connectivity index (χ1v) is 37.3. The van der Waals surface area contributed by atoms with Gasteiger partial charge in [-0.15, -0.1) is 0 Å². The van der Waals surface area contributed by atoms with Crippen LogP contribution < -0.4 is 5.32 Å². The van der Waals surface area contributed by atoms with Gasteiger partial charge in [-0.05, 0) is 25.7 Å². The fourth-order valence-electron chi connectivity index (χ4n) is 12.2. The average Bonchev–Trinajstić information content (AvgIpc) is 3.46. The molecule has 0 aromatic carbocycles. The molecule has 6 nitrogen and oxygen atoms in total. The zero-order valence-corrected chi connectivity index (χ0v) is 54.9. The van der Waals surface area contributed by atoms with Crippen molar-refractivity contribution in [1.29, 1.82) is 0 Å². The number of hydrogen-bond acceptors (Lipinski definition) is 5. The van der Waals surface area contributed by atoms with Crippen molar-refractivity contribution in [1.82, 2.24) is 5.32 Å². The summed E-state index contributed by atoms with van der Waals surface area (Å²) >= 11 is 0. The zero-order valence-electron chi connectivity index (χ0n) is 54.9. The molecule has 0 aliphatic heterocycles. The lowest BCUT2D eigenvalue weighted by Crippen LogP contribution is -2.45. The van der Waals surface area contributed by atoms with Gasteiger partial charge < -0.3 is 20.3 Å². The Labute approximate surface area is 502 Å². The first kappa shape index (κ1) is 78.9. The van der Waals surface area contributed by atoms with E-state index in [-0.39, 0.29) is 18.5 Å². The standard InChI is InChI=1S/C74H147NO5/c1-3-5-7-9-11-13-15-17-18-19-20-21-22-28-31-34-37-40-43-46-50-54-58-62-66-72(77)71(70-76)75-73(78)67-63-59-55-51-47-44-41-38-35-32-29-26-24-23-25-27-30-33-36-39-42-45-49-53-57-61-65-69-80-74(79)68-64-60-56-52-48-16-14-12-10-8-6-4-2/h71-72,76-77H,3-70H2,1-2H3,(H,75,78). The van der Waals surface area contributed by atoms with E-state index >= 15 is 0 Å². The number of nitrogens with one attached hydrogen (secondary N) is 1. The smallest absolute Gasteiger partial charge is 0.305 e. The number of aliphatic hydroxyl groups excluding tert-OH is 2. The van der Waals surface area contributed by atoms with Crippen molar-refractivity contribution in [3.8, 4) is 0 Å². The maximum atomic E-state index is 12.6. The van der Waals surface area contributed by atoms with E-state index in [1.54, 1.807) is 0 Å². The summed E-state index contributed by atoms with van der Waals surface area (Å²) in [6, 6.07) is -0.540. The average molecular weight is 1130 g/mol. The number of amides is 1. The number of carbonyl (C=O) groups is 2. The van der Waals surface area contributed by atoms with Crippen molar-refractivity contribution in [2.45, 2.75) is 450 Å². The van der Waals surface area contributed by atoms with Gasteiger partial charge in [0.1, 0.15) is 0 Å². The summed E-state index contributed by atoms with van der Waals surface area (Å²) in [6.45, 7) is 5.01. The molecule has 0 fully saturated rings. The van der Waals surface area contributed by atoms with Crippen LogP contribution in [0.25, 0.3) is 0 Å². The fourth-order valence-corrected chi connectivity index (χ4v) is 12.2. The van der Waals surface area contributed by atoms with Crippen molar-refractivity contribution in [3.05, 3.63) is 0 Å². The van der Waals surface area contributed by atoms with E-state index in [9.17, 15) is 19.8 Å². The van der Waals surface area contributed by atoms with Gasteiger partial charge in [0.25, 0.3) is 0 Å². The predicted molar refractivity (Wildman–Crippen MR) is 352 cm³/mol. The SMILES string of the molecule is CCCCCCCCCCCCCCCCCCCCCCCCCCC(O)C(CO)NC(=O)CCCCCCCCCCCCCCCCCCCCCCCCCCCCCOC(=O)CCCCCCCCCCCCCC. The number of unbranched alkanes of at least 4 members (excludes halogenated alkanes) is 60. The molecule has 0 aliphatic rings. The molecule has 0 heterocycles. The monoisotopic (exact) mass is 1130 g/mol. The topological polar surface area (TPSA) is 95.9 Å². The van der Waals surface area contributed by atoms with Gasteiger partial charge in [-0.25, -0.2) is 0 Å². The van der Waals surface area contributed by atoms with Crippen molar-refractivity contribution < 1.29 is 24.5 Å². The molecule has 6 heteroatoms. The number of carbonyl (C=O) groups excluding carboxylic acids is 2. The van der Waals surface area contributed by atoms with Crippen LogP contribution in [0.15, 0.2) is 0 Å². The molecular weight excluding hydrogens is 983 g/mol. The van der Waals surface area contributed by atoms with E-state index in [2.05, 4.69) is 19.2 Å². The Kier molecular flexibility index (Phi) is 69.3. The molecule has 0 aromatic rings.